The second kappa shape index (κ2) is 5.21. The molecule has 0 heterocycles. The van der Waals surface area contributed by atoms with Crippen molar-refractivity contribution < 1.29 is 14.3 Å². The van der Waals surface area contributed by atoms with E-state index >= 15 is 0 Å². The van der Waals surface area contributed by atoms with Crippen LogP contribution in [0.2, 0.25) is 0 Å². The molecule has 18 heavy (non-hydrogen) atoms. The summed E-state index contributed by atoms with van der Waals surface area (Å²) < 4.78 is 4.98. The van der Waals surface area contributed by atoms with Crippen LogP contribution in [0.3, 0.4) is 0 Å². The van der Waals surface area contributed by atoms with Crippen LogP contribution in [0, 0.1) is 12.3 Å². The topological polar surface area (TPSA) is 69.4 Å². The molecule has 0 aliphatic rings. The molecule has 2 N–H and O–H groups in total. The van der Waals surface area contributed by atoms with E-state index in [4.69, 9.17) is 10.5 Å². The molecule has 1 aromatic carbocycles. The fourth-order valence-corrected chi connectivity index (χ4v) is 1.28. The molecule has 1 aromatic rings. The fraction of sp³-hybridized carbons (Fsp3) is 0.429. The van der Waals surface area contributed by atoms with Crippen LogP contribution in [0.15, 0.2) is 18.2 Å². The molecule has 0 amide bonds. The Morgan fingerprint density at radius 3 is 2.44 bits per heavy atom. The van der Waals surface area contributed by atoms with Gasteiger partial charge in [0.2, 0.25) is 0 Å². The average molecular weight is 249 g/mol. The predicted octanol–water partition coefficient (Wildman–Crippen LogP) is 2.35. The van der Waals surface area contributed by atoms with E-state index in [0.717, 1.165) is 5.56 Å². The summed E-state index contributed by atoms with van der Waals surface area (Å²) in [7, 11) is 0. The first-order chi connectivity index (χ1) is 8.23. The van der Waals surface area contributed by atoms with Crippen LogP contribution in [0.1, 0.15) is 36.7 Å². The molecule has 0 spiro atoms. The molecule has 0 bridgehead atoms. The van der Waals surface area contributed by atoms with Gasteiger partial charge in [-0.25, -0.2) is 4.79 Å². The number of hydrogen-bond acceptors (Lipinski definition) is 4. The summed E-state index contributed by atoms with van der Waals surface area (Å²) >= 11 is 0. The van der Waals surface area contributed by atoms with Gasteiger partial charge in [0.15, 0.2) is 12.4 Å². The van der Waals surface area contributed by atoms with Crippen LogP contribution in [0.25, 0.3) is 0 Å². The van der Waals surface area contributed by atoms with Crippen molar-refractivity contribution in [1.82, 2.24) is 0 Å². The van der Waals surface area contributed by atoms with Crippen molar-refractivity contribution in [3.63, 3.8) is 0 Å². The highest BCUT2D eigenvalue weighted by atomic mass is 16.5. The summed E-state index contributed by atoms with van der Waals surface area (Å²) in [5, 5.41) is 0. The number of para-hydroxylation sites is 1. The maximum atomic E-state index is 11.8. The third-order valence-corrected chi connectivity index (χ3v) is 2.71. The SMILES string of the molecule is Cc1cccc(C(=O)OCC(=O)C(C)(C)C)c1N. The lowest BCUT2D eigenvalue weighted by Crippen LogP contribution is -2.26. The smallest absolute Gasteiger partial charge is 0.340 e. The highest BCUT2D eigenvalue weighted by Crippen LogP contribution is 2.18. The van der Waals surface area contributed by atoms with E-state index in [0.29, 0.717) is 11.3 Å². The average Bonchev–Trinajstić information content (AvgIpc) is 2.27. The second-order valence-corrected chi connectivity index (χ2v) is 5.29. The van der Waals surface area contributed by atoms with Gasteiger partial charge in [-0.15, -0.1) is 0 Å². The number of anilines is 1. The van der Waals surface area contributed by atoms with Crippen LogP contribution < -0.4 is 5.73 Å². The Balaban J connectivity index is 2.73. The van der Waals surface area contributed by atoms with E-state index in [1.54, 1.807) is 32.9 Å². The molecule has 0 atom stereocenters. The number of nitrogen functional groups attached to an aromatic ring is 1. The van der Waals surface area contributed by atoms with Gasteiger partial charge in [0, 0.05) is 11.1 Å². The first-order valence-corrected chi connectivity index (χ1v) is 5.79. The Labute approximate surface area is 107 Å². The summed E-state index contributed by atoms with van der Waals surface area (Å²) in [4.78, 5) is 23.4. The summed E-state index contributed by atoms with van der Waals surface area (Å²) in [5.41, 5.74) is 6.78. The van der Waals surface area contributed by atoms with Crippen molar-refractivity contribution in [2.75, 3.05) is 12.3 Å². The second-order valence-electron chi connectivity index (χ2n) is 5.29. The maximum absolute atomic E-state index is 11.8. The molecule has 0 aliphatic heterocycles. The quantitative estimate of drug-likeness (QED) is 0.659. The van der Waals surface area contributed by atoms with Gasteiger partial charge in [-0.05, 0) is 18.6 Å². The minimum atomic E-state index is -0.561. The summed E-state index contributed by atoms with van der Waals surface area (Å²) in [6.45, 7) is 6.93. The number of hydrogen-bond donors (Lipinski definition) is 1. The standard InChI is InChI=1S/C14H19NO3/c1-9-6-5-7-10(12(9)15)13(17)18-8-11(16)14(2,3)4/h5-7H,8,15H2,1-4H3. The van der Waals surface area contributed by atoms with Gasteiger partial charge in [0.05, 0.1) is 5.56 Å². The number of Topliss-reactive ketones (excluding diaryl/α,β-unsaturated/α-hetero) is 1. The number of benzene rings is 1. The number of esters is 1. The Hall–Kier alpha value is -1.84. The molecule has 1 rings (SSSR count). The third-order valence-electron chi connectivity index (χ3n) is 2.71. The number of aryl methyl sites for hydroxylation is 1. The Kier molecular flexibility index (Phi) is 4.11. The molecule has 98 valence electrons. The molecule has 4 nitrogen and oxygen atoms in total. The van der Waals surface area contributed by atoms with Gasteiger partial charge in [-0.3, -0.25) is 4.79 Å². The number of nitrogens with two attached hydrogens (primary N) is 1. The Morgan fingerprint density at radius 2 is 1.89 bits per heavy atom. The van der Waals surface area contributed by atoms with E-state index in [1.807, 2.05) is 13.0 Å². The monoisotopic (exact) mass is 249 g/mol. The first-order valence-electron chi connectivity index (χ1n) is 5.79. The zero-order valence-corrected chi connectivity index (χ0v) is 11.2. The normalized spacial score (nSPS) is 11.1. The van der Waals surface area contributed by atoms with Gasteiger partial charge in [-0.2, -0.15) is 0 Å². The van der Waals surface area contributed by atoms with E-state index in [9.17, 15) is 9.59 Å². The number of rotatable bonds is 3. The predicted molar refractivity (Wildman–Crippen MR) is 70.3 cm³/mol. The van der Waals surface area contributed by atoms with Crippen molar-refractivity contribution in [2.24, 2.45) is 5.41 Å². The van der Waals surface area contributed by atoms with Gasteiger partial charge in [0.25, 0.3) is 0 Å². The molecule has 0 aliphatic carbocycles. The molecular formula is C14H19NO3. The van der Waals surface area contributed by atoms with Crippen LogP contribution in [-0.2, 0) is 9.53 Å². The first kappa shape index (κ1) is 14.2. The number of ketones is 1. The van der Waals surface area contributed by atoms with Crippen LogP contribution in [0.5, 0.6) is 0 Å². The van der Waals surface area contributed by atoms with E-state index < -0.39 is 11.4 Å². The summed E-state index contributed by atoms with van der Waals surface area (Å²) in [6, 6.07) is 5.13. The van der Waals surface area contributed by atoms with Crippen molar-refractivity contribution in [2.45, 2.75) is 27.7 Å². The minimum absolute atomic E-state index is 0.123. The molecule has 0 aromatic heterocycles. The number of carbonyl (C=O) groups excluding carboxylic acids is 2. The Morgan fingerprint density at radius 1 is 1.28 bits per heavy atom. The lowest BCUT2D eigenvalue weighted by molar-refractivity contribution is -0.129. The number of carbonyl (C=O) groups is 2. The lowest BCUT2D eigenvalue weighted by atomic mass is 9.91. The van der Waals surface area contributed by atoms with Crippen LogP contribution in [0.4, 0.5) is 5.69 Å². The van der Waals surface area contributed by atoms with E-state index in [-0.39, 0.29) is 12.4 Å². The molecule has 4 heteroatoms. The van der Waals surface area contributed by atoms with Gasteiger partial charge in [-0.1, -0.05) is 32.9 Å². The minimum Gasteiger partial charge on any atom is -0.454 e. The van der Waals surface area contributed by atoms with Crippen molar-refractivity contribution in [3.8, 4) is 0 Å². The third kappa shape index (κ3) is 3.32. The zero-order chi connectivity index (χ0) is 13.9. The summed E-state index contributed by atoms with van der Waals surface area (Å²) in [5.74, 6) is -0.684. The number of ether oxygens (including phenoxy) is 1. The van der Waals surface area contributed by atoms with Crippen molar-refractivity contribution in [1.29, 1.82) is 0 Å². The van der Waals surface area contributed by atoms with E-state index in [2.05, 4.69) is 0 Å². The Bertz CT molecular complexity index is 472. The highest BCUT2D eigenvalue weighted by Gasteiger charge is 2.23. The fourth-order valence-electron chi connectivity index (χ4n) is 1.28. The van der Waals surface area contributed by atoms with Gasteiger partial charge < -0.3 is 10.5 Å². The van der Waals surface area contributed by atoms with Gasteiger partial charge >= 0.3 is 5.97 Å². The molecule has 0 saturated carbocycles. The largest absolute Gasteiger partial charge is 0.454 e. The van der Waals surface area contributed by atoms with Gasteiger partial charge in [0.1, 0.15) is 0 Å². The zero-order valence-electron chi connectivity index (χ0n) is 11.2. The molecular weight excluding hydrogens is 230 g/mol. The van der Waals surface area contributed by atoms with Crippen LogP contribution in [-0.4, -0.2) is 18.4 Å². The maximum Gasteiger partial charge on any atom is 0.340 e. The summed E-state index contributed by atoms with van der Waals surface area (Å²) in [6.07, 6.45) is 0. The van der Waals surface area contributed by atoms with Crippen LogP contribution >= 0.6 is 0 Å². The highest BCUT2D eigenvalue weighted by molar-refractivity contribution is 5.97. The molecule has 0 unspecified atom stereocenters. The molecule has 0 radical (unpaired) electrons. The molecule has 0 saturated heterocycles. The van der Waals surface area contributed by atoms with Crippen molar-refractivity contribution in [3.05, 3.63) is 29.3 Å². The lowest BCUT2D eigenvalue weighted by Gasteiger charge is -2.16. The molecule has 0 fully saturated rings. The van der Waals surface area contributed by atoms with Crippen molar-refractivity contribution >= 4 is 17.4 Å². The van der Waals surface area contributed by atoms with E-state index in [1.165, 1.54) is 0 Å².